The highest BCUT2D eigenvalue weighted by molar-refractivity contribution is 5.88. The summed E-state index contributed by atoms with van der Waals surface area (Å²) in [4.78, 5) is 19.8. The van der Waals surface area contributed by atoms with Crippen LogP contribution in [0.1, 0.15) is 75.1 Å². The number of aromatic carboxylic acids is 1. The zero-order valence-electron chi connectivity index (χ0n) is 13.0. The largest absolute Gasteiger partial charge is 0.486 e. The summed E-state index contributed by atoms with van der Waals surface area (Å²) < 4.78 is 5.98. The maximum atomic E-state index is 11.4. The van der Waals surface area contributed by atoms with Gasteiger partial charge in [-0.15, -0.1) is 0 Å². The standard InChI is InChI=1S/C16H24N2O3/c1-4-11-7-5-6-8-12(11)21-13-9-17-15(10(2)3)18-14(13)16(19)20/h9-12H,4-8H2,1-3H3,(H,19,20). The number of carboxylic acid groups (broad SMARTS) is 1. The van der Waals surface area contributed by atoms with Crippen molar-refractivity contribution in [1.82, 2.24) is 9.97 Å². The van der Waals surface area contributed by atoms with Crippen LogP contribution in [0.3, 0.4) is 0 Å². The van der Waals surface area contributed by atoms with Crippen LogP contribution in [0.4, 0.5) is 0 Å². The predicted molar refractivity (Wildman–Crippen MR) is 79.7 cm³/mol. The third-order valence-corrected chi connectivity index (χ3v) is 4.13. The van der Waals surface area contributed by atoms with Crippen LogP contribution in [0.15, 0.2) is 6.20 Å². The van der Waals surface area contributed by atoms with Crippen molar-refractivity contribution < 1.29 is 14.6 Å². The van der Waals surface area contributed by atoms with E-state index in [1.807, 2.05) is 13.8 Å². The van der Waals surface area contributed by atoms with E-state index in [0.717, 1.165) is 25.7 Å². The second-order valence-corrected chi connectivity index (χ2v) is 6.01. The molecule has 0 spiro atoms. The van der Waals surface area contributed by atoms with Crippen molar-refractivity contribution in [1.29, 1.82) is 0 Å². The Balaban J connectivity index is 2.24. The molecule has 0 amide bonds. The number of carboxylic acids is 1. The summed E-state index contributed by atoms with van der Waals surface area (Å²) in [6.07, 6.45) is 7.14. The summed E-state index contributed by atoms with van der Waals surface area (Å²) >= 11 is 0. The number of hydrogen-bond acceptors (Lipinski definition) is 4. The first-order chi connectivity index (χ1) is 10.0. The SMILES string of the molecule is CCC1CCCCC1Oc1cnc(C(C)C)nc1C(=O)O. The van der Waals surface area contributed by atoms with Crippen LogP contribution >= 0.6 is 0 Å². The van der Waals surface area contributed by atoms with Gasteiger partial charge in [-0.25, -0.2) is 14.8 Å². The van der Waals surface area contributed by atoms with Crippen molar-refractivity contribution in [2.24, 2.45) is 5.92 Å². The van der Waals surface area contributed by atoms with Gasteiger partial charge in [0.15, 0.2) is 11.4 Å². The van der Waals surface area contributed by atoms with E-state index in [1.54, 1.807) is 0 Å². The van der Waals surface area contributed by atoms with Crippen molar-refractivity contribution in [3.05, 3.63) is 17.7 Å². The molecule has 1 N–H and O–H groups in total. The second-order valence-electron chi connectivity index (χ2n) is 6.01. The summed E-state index contributed by atoms with van der Waals surface area (Å²) in [5.41, 5.74) is -0.0193. The smallest absolute Gasteiger partial charge is 0.358 e. The first kappa shape index (κ1) is 15.7. The quantitative estimate of drug-likeness (QED) is 0.896. The van der Waals surface area contributed by atoms with Gasteiger partial charge in [0.25, 0.3) is 0 Å². The molecule has 1 aromatic heterocycles. The molecule has 116 valence electrons. The molecule has 1 saturated carbocycles. The third kappa shape index (κ3) is 3.71. The summed E-state index contributed by atoms with van der Waals surface area (Å²) in [6, 6.07) is 0. The highest BCUT2D eigenvalue weighted by Gasteiger charge is 2.27. The number of aromatic nitrogens is 2. The van der Waals surface area contributed by atoms with Crippen LogP contribution in [0.2, 0.25) is 0 Å². The number of nitrogens with zero attached hydrogens (tertiary/aromatic N) is 2. The van der Waals surface area contributed by atoms with E-state index in [1.165, 1.54) is 12.6 Å². The van der Waals surface area contributed by atoms with Crippen molar-refractivity contribution in [3.63, 3.8) is 0 Å². The Hall–Kier alpha value is -1.65. The van der Waals surface area contributed by atoms with E-state index >= 15 is 0 Å². The maximum absolute atomic E-state index is 11.4. The molecule has 1 aliphatic carbocycles. The van der Waals surface area contributed by atoms with Gasteiger partial charge < -0.3 is 9.84 Å². The highest BCUT2D eigenvalue weighted by Crippen LogP contribution is 2.31. The number of ether oxygens (including phenoxy) is 1. The van der Waals surface area contributed by atoms with Crippen molar-refractivity contribution in [3.8, 4) is 5.75 Å². The molecule has 1 fully saturated rings. The maximum Gasteiger partial charge on any atom is 0.358 e. The molecule has 1 heterocycles. The Morgan fingerprint density at radius 1 is 1.43 bits per heavy atom. The minimum absolute atomic E-state index is 0.0193. The summed E-state index contributed by atoms with van der Waals surface area (Å²) in [5.74, 6) is 0.367. The lowest BCUT2D eigenvalue weighted by Crippen LogP contribution is -2.30. The minimum atomic E-state index is -1.06. The highest BCUT2D eigenvalue weighted by atomic mass is 16.5. The molecular formula is C16H24N2O3. The van der Waals surface area contributed by atoms with Crippen LogP contribution in [0.5, 0.6) is 5.75 Å². The molecule has 5 heteroatoms. The molecule has 0 bridgehead atoms. The third-order valence-electron chi connectivity index (χ3n) is 4.13. The van der Waals surface area contributed by atoms with E-state index in [-0.39, 0.29) is 17.7 Å². The number of hydrogen-bond donors (Lipinski definition) is 1. The van der Waals surface area contributed by atoms with E-state index in [4.69, 9.17) is 4.74 Å². The predicted octanol–water partition coefficient (Wildman–Crippen LogP) is 3.65. The average molecular weight is 292 g/mol. The number of carbonyl (C=O) groups is 1. The lowest BCUT2D eigenvalue weighted by Gasteiger charge is -2.31. The first-order valence-electron chi connectivity index (χ1n) is 7.79. The van der Waals surface area contributed by atoms with Gasteiger partial charge in [-0.05, 0) is 31.6 Å². The zero-order valence-corrected chi connectivity index (χ0v) is 13.0. The Morgan fingerprint density at radius 3 is 2.76 bits per heavy atom. The molecule has 0 radical (unpaired) electrons. The topological polar surface area (TPSA) is 72.3 Å². The van der Waals surface area contributed by atoms with Crippen molar-refractivity contribution >= 4 is 5.97 Å². The summed E-state index contributed by atoms with van der Waals surface area (Å²) in [7, 11) is 0. The molecule has 0 aromatic carbocycles. The van der Waals surface area contributed by atoms with Crippen LogP contribution in [-0.2, 0) is 0 Å². The van der Waals surface area contributed by atoms with E-state index in [0.29, 0.717) is 17.5 Å². The van der Waals surface area contributed by atoms with Gasteiger partial charge in [-0.2, -0.15) is 0 Å². The fraction of sp³-hybridized carbons (Fsp3) is 0.688. The molecule has 2 atom stereocenters. The first-order valence-corrected chi connectivity index (χ1v) is 7.79. The van der Waals surface area contributed by atoms with Crippen molar-refractivity contribution in [2.75, 3.05) is 0 Å². The molecule has 2 unspecified atom stereocenters. The van der Waals surface area contributed by atoms with E-state index in [2.05, 4.69) is 16.9 Å². The Kier molecular flexibility index (Phi) is 5.15. The van der Waals surface area contributed by atoms with Gasteiger partial charge in [-0.3, -0.25) is 0 Å². The van der Waals surface area contributed by atoms with Gasteiger partial charge in [0, 0.05) is 5.92 Å². The van der Waals surface area contributed by atoms with Crippen LogP contribution < -0.4 is 4.74 Å². The monoisotopic (exact) mass is 292 g/mol. The fourth-order valence-electron chi connectivity index (χ4n) is 2.86. The van der Waals surface area contributed by atoms with Gasteiger partial charge >= 0.3 is 5.97 Å². The summed E-state index contributed by atoms with van der Waals surface area (Å²) in [5, 5.41) is 9.35. The summed E-state index contributed by atoms with van der Waals surface area (Å²) in [6.45, 7) is 6.04. The molecule has 21 heavy (non-hydrogen) atoms. The zero-order chi connectivity index (χ0) is 15.4. The van der Waals surface area contributed by atoms with Gasteiger partial charge in [-0.1, -0.05) is 27.2 Å². The van der Waals surface area contributed by atoms with Crippen LogP contribution in [0, 0.1) is 5.92 Å². The van der Waals surface area contributed by atoms with Gasteiger partial charge in [0.05, 0.1) is 6.20 Å². The second kappa shape index (κ2) is 6.87. The lowest BCUT2D eigenvalue weighted by atomic mass is 9.85. The van der Waals surface area contributed by atoms with Crippen LogP contribution in [-0.4, -0.2) is 27.1 Å². The van der Waals surface area contributed by atoms with Gasteiger partial charge in [0.2, 0.25) is 0 Å². The molecule has 1 aromatic rings. The molecule has 0 aliphatic heterocycles. The van der Waals surface area contributed by atoms with E-state index < -0.39 is 5.97 Å². The molecule has 2 rings (SSSR count). The normalized spacial score (nSPS) is 22.3. The molecule has 0 saturated heterocycles. The van der Waals surface area contributed by atoms with Crippen LogP contribution in [0.25, 0.3) is 0 Å². The molecule has 1 aliphatic rings. The Bertz CT molecular complexity index is 502. The number of rotatable bonds is 5. The molecular weight excluding hydrogens is 268 g/mol. The Morgan fingerprint density at radius 2 is 2.14 bits per heavy atom. The lowest BCUT2D eigenvalue weighted by molar-refractivity contribution is 0.0653. The van der Waals surface area contributed by atoms with E-state index in [9.17, 15) is 9.90 Å². The molecule has 5 nitrogen and oxygen atoms in total. The fourth-order valence-corrected chi connectivity index (χ4v) is 2.86. The van der Waals surface area contributed by atoms with Gasteiger partial charge in [0.1, 0.15) is 11.9 Å². The van der Waals surface area contributed by atoms with Crippen molar-refractivity contribution in [2.45, 2.75) is 64.9 Å². The average Bonchev–Trinajstić information content (AvgIpc) is 2.47. The Labute approximate surface area is 125 Å². The minimum Gasteiger partial charge on any atom is -0.486 e.